The third kappa shape index (κ3) is 1.12. The minimum atomic E-state index is 1.04. The molecular weight excluding hydrogens is 138 g/mol. The van der Waals surface area contributed by atoms with Crippen LogP contribution in [0, 0.1) is 0 Å². The first-order chi connectivity index (χ1) is 5.40. The van der Waals surface area contributed by atoms with Gasteiger partial charge in [-0.1, -0.05) is 6.92 Å². The van der Waals surface area contributed by atoms with Crippen molar-refractivity contribution in [2.24, 2.45) is 0 Å². The molecule has 0 atom stereocenters. The van der Waals surface area contributed by atoms with Crippen LogP contribution in [0.2, 0.25) is 0 Å². The predicted molar refractivity (Wildman–Crippen MR) is 41.8 cm³/mol. The van der Waals surface area contributed by atoms with Crippen LogP contribution in [-0.4, -0.2) is 21.6 Å². The molecule has 1 aromatic rings. The van der Waals surface area contributed by atoms with E-state index < -0.39 is 0 Å². The van der Waals surface area contributed by atoms with Gasteiger partial charge in [-0.2, -0.15) is 10.2 Å². The van der Waals surface area contributed by atoms with E-state index in [2.05, 4.69) is 22.0 Å². The van der Waals surface area contributed by atoms with E-state index in [0.29, 0.717) is 0 Å². The maximum Gasteiger partial charge on any atom is 0.0544 e. The van der Waals surface area contributed by atoms with E-state index in [-0.39, 0.29) is 0 Å². The summed E-state index contributed by atoms with van der Waals surface area (Å²) in [4.78, 5) is 2.37. The van der Waals surface area contributed by atoms with E-state index in [1.54, 1.807) is 0 Å². The fourth-order valence-electron chi connectivity index (χ4n) is 1.42. The standard InChI is InChI=1S/C8H11N3/c1-2-11-5-7-3-9-10-4-8(7)6-11/h3-4H,2,5-6H2,1H3. The fourth-order valence-corrected chi connectivity index (χ4v) is 1.42. The number of rotatable bonds is 1. The third-order valence-electron chi connectivity index (χ3n) is 2.14. The first-order valence-corrected chi connectivity index (χ1v) is 3.91. The summed E-state index contributed by atoms with van der Waals surface area (Å²) in [5.74, 6) is 0. The van der Waals surface area contributed by atoms with Gasteiger partial charge in [0.2, 0.25) is 0 Å². The normalized spacial score (nSPS) is 16.8. The molecule has 0 radical (unpaired) electrons. The van der Waals surface area contributed by atoms with Gasteiger partial charge in [0.05, 0.1) is 12.4 Å². The molecule has 0 N–H and O–H groups in total. The summed E-state index contributed by atoms with van der Waals surface area (Å²) in [5.41, 5.74) is 2.67. The number of hydrogen-bond donors (Lipinski definition) is 0. The Morgan fingerprint density at radius 1 is 1.27 bits per heavy atom. The maximum absolute atomic E-state index is 3.85. The van der Waals surface area contributed by atoms with E-state index in [1.807, 2.05) is 12.4 Å². The van der Waals surface area contributed by atoms with Crippen molar-refractivity contribution in [3.8, 4) is 0 Å². The third-order valence-corrected chi connectivity index (χ3v) is 2.14. The zero-order chi connectivity index (χ0) is 7.68. The highest BCUT2D eigenvalue weighted by atomic mass is 15.2. The van der Waals surface area contributed by atoms with Crippen LogP contribution >= 0.6 is 0 Å². The van der Waals surface area contributed by atoms with E-state index >= 15 is 0 Å². The number of hydrogen-bond acceptors (Lipinski definition) is 3. The maximum atomic E-state index is 3.85. The minimum Gasteiger partial charge on any atom is -0.295 e. The van der Waals surface area contributed by atoms with Gasteiger partial charge in [0.25, 0.3) is 0 Å². The highest BCUT2D eigenvalue weighted by Crippen LogP contribution is 2.19. The Labute approximate surface area is 66.1 Å². The van der Waals surface area contributed by atoms with Crippen LogP contribution in [0.25, 0.3) is 0 Å². The zero-order valence-electron chi connectivity index (χ0n) is 6.62. The average molecular weight is 149 g/mol. The Hall–Kier alpha value is -0.960. The Bertz CT molecular complexity index is 234. The van der Waals surface area contributed by atoms with Gasteiger partial charge < -0.3 is 0 Å². The van der Waals surface area contributed by atoms with Crippen molar-refractivity contribution in [1.29, 1.82) is 0 Å². The zero-order valence-corrected chi connectivity index (χ0v) is 6.62. The molecule has 0 spiro atoms. The van der Waals surface area contributed by atoms with E-state index in [1.165, 1.54) is 11.1 Å². The molecule has 3 heteroatoms. The Balaban J connectivity index is 2.27. The highest BCUT2D eigenvalue weighted by Gasteiger charge is 2.16. The summed E-state index contributed by atoms with van der Waals surface area (Å²) in [6.45, 7) is 5.37. The van der Waals surface area contributed by atoms with Crippen molar-refractivity contribution in [2.45, 2.75) is 20.0 Å². The molecule has 2 rings (SSSR count). The van der Waals surface area contributed by atoms with Gasteiger partial charge in [0.15, 0.2) is 0 Å². The van der Waals surface area contributed by atoms with Gasteiger partial charge in [-0.3, -0.25) is 4.90 Å². The van der Waals surface area contributed by atoms with Crippen molar-refractivity contribution >= 4 is 0 Å². The Morgan fingerprint density at radius 2 is 1.82 bits per heavy atom. The Kier molecular flexibility index (Phi) is 1.58. The SMILES string of the molecule is CCN1Cc2cnncc2C1. The summed E-state index contributed by atoms with van der Waals surface area (Å²) in [6, 6.07) is 0. The summed E-state index contributed by atoms with van der Waals surface area (Å²) < 4.78 is 0. The molecule has 3 nitrogen and oxygen atoms in total. The second kappa shape index (κ2) is 2.58. The summed E-state index contributed by atoms with van der Waals surface area (Å²) in [5, 5.41) is 7.70. The lowest BCUT2D eigenvalue weighted by molar-refractivity contribution is 0.301. The first kappa shape index (κ1) is 6.73. The largest absolute Gasteiger partial charge is 0.295 e. The molecule has 0 aromatic carbocycles. The van der Waals surface area contributed by atoms with Gasteiger partial charge >= 0.3 is 0 Å². The minimum absolute atomic E-state index is 1.04. The number of nitrogens with zero attached hydrogens (tertiary/aromatic N) is 3. The molecule has 0 aliphatic carbocycles. The van der Waals surface area contributed by atoms with Crippen LogP contribution in [0.5, 0.6) is 0 Å². The van der Waals surface area contributed by atoms with Gasteiger partial charge in [-0.15, -0.1) is 0 Å². The molecule has 58 valence electrons. The first-order valence-electron chi connectivity index (χ1n) is 3.91. The van der Waals surface area contributed by atoms with Crippen molar-refractivity contribution in [3.05, 3.63) is 23.5 Å². The smallest absolute Gasteiger partial charge is 0.0544 e. The molecule has 1 aromatic heterocycles. The average Bonchev–Trinajstić information content (AvgIpc) is 2.46. The molecule has 0 bridgehead atoms. The molecule has 11 heavy (non-hydrogen) atoms. The van der Waals surface area contributed by atoms with Crippen LogP contribution in [0.1, 0.15) is 18.1 Å². The molecule has 0 saturated heterocycles. The predicted octanol–water partition coefficient (Wildman–Crippen LogP) is 0.812. The molecule has 0 amide bonds. The lowest BCUT2D eigenvalue weighted by atomic mass is 10.2. The number of aromatic nitrogens is 2. The second-order valence-electron chi connectivity index (χ2n) is 2.84. The van der Waals surface area contributed by atoms with E-state index in [9.17, 15) is 0 Å². The molecule has 1 aliphatic heterocycles. The fraction of sp³-hybridized carbons (Fsp3) is 0.500. The molecule has 1 aliphatic rings. The van der Waals surface area contributed by atoms with Crippen LogP contribution in [-0.2, 0) is 13.1 Å². The van der Waals surface area contributed by atoms with Crippen molar-refractivity contribution in [3.63, 3.8) is 0 Å². The molecule has 0 unspecified atom stereocenters. The topological polar surface area (TPSA) is 29.0 Å². The summed E-state index contributed by atoms with van der Waals surface area (Å²) in [7, 11) is 0. The van der Waals surface area contributed by atoms with Crippen LogP contribution < -0.4 is 0 Å². The van der Waals surface area contributed by atoms with E-state index in [4.69, 9.17) is 0 Å². The monoisotopic (exact) mass is 149 g/mol. The highest BCUT2D eigenvalue weighted by molar-refractivity contribution is 5.24. The van der Waals surface area contributed by atoms with Gasteiger partial charge in [-0.05, 0) is 17.7 Å². The van der Waals surface area contributed by atoms with Crippen molar-refractivity contribution in [2.75, 3.05) is 6.54 Å². The Morgan fingerprint density at radius 3 is 2.27 bits per heavy atom. The summed E-state index contributed by atoms with van der Waals surface area (Å²) >= 11 is 0. The van der Waals surface area contributed by atoms with E-state index in [0.717, 1.165) is 19.6 Å². The van der Waals surface area contributed by atoms with Crippen molar-refractivity contribution < 1.29 is 0 Å². The molecule has 0 saturated carbocycles. The molecular formula is C8H11N3. The van der Waals surface area contributed by atoms with Gasteiger partial charge in [-0.25, -0.2) is 0 Å². The van der Waals surface area contributed by atoms with Crippen LogP contribution in [0.3, 0.4) is 0 Å². The lowest BCUT2D eigenvalue weighted by Crippen LogP contribution is -2.14. The quantitative estimate of drug-likeness (QED) is 0.591. The molecule has 0 fully saturated rings. The van der Waals surface area contributed by atoms with Crippen LogP contribution in [0.15, 0.2) is 12.4 Å². The molecule has 2 heterocycles. The summed E-state index contributed by atoms with van der Waals surface area (Å²) in [6.07, 6.45) is 3.73. The second-order valence-corrected chi connectivity index (χ2v) is 2.84. The van der Waals surface area contributed by atoms with Crippen molar-refractivity contribution in [1.82, 2.24) is 15.1 Å². The van der Waals surface area contributed by atoms with Gasteiger partial charge in [0.1, 0.15) is 0 Å². The number of fused-ring (bicyclic) bond motifs is 1. The lowest BCUT2D eigenvalue weighted by Gasteiger charge is -2.09. The van der Waals surface area contributed by atoms with Gasteiger partial charge in [0, 0.05) is 13.1 Å². The van der Waals surface area contributed by atoms with Crippen LogP contribution in [0.4, 0.5) is 0 Å².